The molecule has 3 rings (SSSR count). The molecule has 1 aliphatic rings. The van der Waals surface area contributed by atoms with Gasteiger partial charge in [-0.3, -0.25) is 0 Å². The van der Waals surface area contributed by atoms with Gasteiger partial charge in [0.2, 0.25) is 0 Å². The van der Waals surface area contributed by atoms with Gasteiger partial charge in [0, 0.05) is 18.0 Å². The zero-order valence-corrected chi connectivity index (χ0v) is 16.6. The Bertz CT molecular complexity index is 783. The van der Waals surface area contributed by atoms with E-state index in [1.807, 2.05) is 6.08 Å². The maximum absolute atomic E-state index is 4.32. The van der Waals surface area contributed by atoms with Crippen LogP contribution in [0.15, 0.2) is 42.7 Å². The molecule has 0 aliphatic heterocycles. The Hall–Kier alpha value is -2.40. The van der Waals surface area contributed by atoms with Gasteiger partial charge >= 0.3 is 0 Å². The van der Waals surface area contributed by atoms with E-state index in [0.717, 1.165) is 35.2 Å². The summed E-state index contributed by atoms with van der Waals surface area (Å²) in [5.74, 6) is 8.82. The quantitative estimate of drug-likeness (QED) is 0.580. The molecule has 0 saturated heterocycles. The van der Waals surface area contributed by atoms with Crippen LogP contribution in [-0.2, 0) is 0 Å². The van der Waals surface area contributed by atoms with Crippen molar-refractivity contribution in [3.05, 3.63) is 65.2 Å². The van der Waals surface area contributed by atoms with Gasteiger partial charge in [-0.05, 0) is 67.7 Å². The van der Waals surface area contributed by atoms with E-state index in [-0.39, 0.29) is 0 Å². The van der Waals surface area contributed by atoms with E-state index in [1.54, 1.807) is 12.4 Å². The van der Waals surface area contributed by atoms with E-state index in [2.05, 4.69) is 66.0 Å². The molecule has 1 aromatic carbocycles. The lowest BCUT2D eigenvalue weighted by atomic mass is 9.77. The Labute approximate surface area is 164 Å². The predicted molar refractivity (Wildman–Crippen MR) is 113 cm³/mol. The van der Waals surface area contributed by atoms with E-state index in [9.17, 15) is 0 Å². The van der Waals surface area contributed by atoms with Gasteiger partial charge in [0.15, 0.2) is 5.82 Å². The molecule has 1 saturated carbocycles. The third-order valence-electron chi connectivity index (χ3n) is 5.45. The second-order valence-corrected chi connectivity index (χ2v) is 7.52. The summed E-state index contributed by atoms with van der Waals surface area (Å²) >= 11 is 0. The fourth-order valence-electron chi connectivity index (χ4n) is 3.89. The first-order valence-electron chi connectivity index (χ1n) is 10.4. The molecule has 1 aliphatic carbocycles. The largest absolute Gasteiger partial charge is 0.236 e. The smallest absolute Gasteiger partial charge is 0.151 e. The molecule has 140 valence electrons. The molecule has 0 amide bonds. The maximum atomic E-state index is 4.32. The van der Waals surface area contributed by atoms with Crippen molar-refractivity contribution in [2.45, 2.75) is 64.7 Å². The first-order valence-corrected chi connectivity index (χ1v) is 10.4. The molecular formula is C25H30N2. The van der Waals surface area contributed by atoms with Crippen molar-refractivity contribution < 1.29 is 0 Å². The van der Waals surface area contributed by atoms with Crippen LogP contribution < -0.4 is 0 Å². The minimum atomic E-state index is 0.734. The number of aromatic nitrogens is 2. The van der Waals surface area contributed by atoms with Crippen LogP contribution in [0.4, 0.5) is 0 Å². The zero-order chi connectivity index (χ0) is 18.9. The highest BCUT2D eigenvalue weighted by Crippen LogP contribution is 2.37. The Morgan fingerprint density at radius 2 is 1.59 bits per heavy atom. The van der Waals surface area contributed by atoms with Crippen LogP contribution in [0, 0.1) is 17.8 Å². The second-order valence-electron chi connectivity index (χ2n) is 7.52. The van der Waals surface area contributed by atoms with Gasteiger partial charge in [0.25, 0.3) is 0 Å². The third-order valence-corrected chi connectivity index (χ3v) is 5.45. The average molecular weight is 359 g/mol. The van der Waals surface area contributed by atoms with Crippen molar-refractivity contribution in [1.82, 2.24) is 9.97 Å². The molecule has 0 bridgehead atoms. The first-order chi connectivity index (χ1) is 13.3. The van der Waals surface area contributed by atoms with E-state index in [4.69, 9.17) is 0 Å². The minimum absolute atomic E-state index is 0.734. The summed E-state index contributed by atoms with van der Waals surface area (Å²) < 4.78 is 0. The average Bonchev–Trinajstić information content (AvgIpc) is 2.73. The summed E-state index contributed by atoms with van der Waals surface area (Å²) in [6, 6.07) is 8.84. The summed E-state index contributed by atoms with van der Waals surface area (Å²) in [7, 11) is 0. The molecule has 2 heteroatoms. The standard InChI is InChI=1S/C25H30N2/c1-3-5-7-25-26-18-22(19-27-25)9-8-21-12-16-24(17-13-21)23-14-10-20(6-4-2)11-15-23/h5,7,12-13,16-20,23H,3-4,6,10-11,14-15H2,1-2H3/b7-5+. The molecule has 2 nitrogen and oxygen atoms in total. The van der Waals surface area contributed by atoms with Crippen molar-refractivity contribution in [3.8, 4) is 11.8 Å². The molecule has 1 heterocycles. The summed E-state index contributed by atoms with van der Waals surface area (Å²) in [6.45, 7) is 4.40. The number of benzene rings is 1. The van der Waals surface area contributed by atoms with Gasteiger partial charge in [-0.25, -0.2) is 9.97 Å². The number of rotatable bonds is 5. The Kier molecular flexibility index (Phi) is 7.22. The van der Waals surface area contributed by atoms with Gasteiger partial charge in [0.1, 0.15) is 0 Å². The molecule has 0 N–H and O–H groups in total. The molecule has 1 fully saturated rings. The SMILES string of the molecule is CC/C=C/c1ncc(C#Cc2ccc(C3CCC(CCC)CC3)cc2)cn1. The summed E-state index contributed by atoms with van der Waals surface area (Å²) in [5.41, 5.74) is 3.38. The van der Waals surface area contributed by atoms with Crippen LogP contribution in [0.2, 0.25) is 0 Å². The van der Waals surface area contributed by atoms with E-state index in [0.29, 0.717) is 0 Å². The molecular weight excluding hydrogens is 328 g/mol. The predicted octanol–water partition coefficient (Wildman–Crippen LogP) is 6.37. The molecule has 0 spiro atoms. The minimum Gasteiger partial charge on any atom is -0.236 e. The summed E-state index contributed by atoms with van der Waals surface area (Å²) in [4.78, 5) is 8.65. The van der Waals surface area contributed by atoms with Crippen molar-refractivity contribution in [2.24, 2.45) is 5.92 Å². The number of allylic oxidation sites excluding steroid dienone is 1. The highest BCUT2D eigenvalue weighted by Gasteiger charge is 2.21. The summed E-state index contributed by atoms with van der Waals surface area (Å²) in [6.07, 6.45) is 16.7. The number of nitrogens with zero attached hydrogens (tertiary/aromatic N) is 2. The molecule has 27 heavy (non-hydrogen) atoms. The highest BCUT2D eigenvalue weighted by molar-refractivity contribution is 5.44. The van der Waals surface area contributed by atoms with Crippen molar-refractivity contribution in [1.29, 1.82) is 0 Å². The lowest BCUT2D eigenvalue weighted by Gasteiger charge is -2.28. The highest BCUT2D eigenvalue weighted by atomic mass is 14.8. The first kappa shape index (κ1) is 19.4. The maximum Gasteiger partial charge on any atom is 0.151 e. The molecule has 2 aromatic rings. The third kappa shape index (κ3) is 5.79. The van der Waals surface area contributed by atoms with Gasteiger partial charge < -0.3 is 0 Å². The number of hydrogen-bond acceptors (Lipinski definition) is 2. The molecule has 0 atom stereocenters. The summed E-state index contributed by atoms with van der Waals surface area (Å²) in [5, 5.41) is 0. The molecule has 0 unspecified atom stereocenters. The Morgan fingerprint density at radius 1 is 0.926 bits per heavy atom. The lowest BCUT2D eigenvalue weighted by molar-refractivity contribution is 0.308. The zero-order valence-electron chi connectivity index (χ0n) is 16.6. The fourth-order valence-corrected chi connectivity index (χ4v) is 3.89. The van der Waals surface area contributed by atoms with Crippen LogP contribution in [0.3, 0.4) is 0 Å². The van der Waals surface area contributed by atoms with Crippen molar-refractivity contribution in [3.63, 3.8) is 0 Å². The van der Waals surface area contributed by atoms with Gasteiger partial charge in [0.05, 0.1) is 5.56 Å². The van der Waals surface area contributed by atoms with Gasteiger partial charge in [-0.15, -0.1) is 0 Å². The van der Waals surface area contributed by atoms with Crippen LogP contribution in [0.1, 0.15) is 87.2 Å². The fraction of sp³-hybridized carbons (Fsp3) is 0.440. The van der Waals surface area contributed by atoms with E-state index >= 15 is 0 Å². The Balaban J connectivity index is 1.58. The monoisotopic (exact) mass is 358 g/mol. The molecule has 1 aromatic heterocycles. The van der Waals surface area contributed by atoms with Crippen LogP contribution in [0.5, 0.6) is 0 Å². The van der Waals surface area contributed by atoms with E-state index < -0.39 is 0 Å². The van der Waals surface area contributed by atoms with Crippen LogP contribution in [-0.4, -0.2) is 9.97 Å². The van der Waals surface area contributed by atoms with Crippen molar-refractivity contribution >= 4 is 6.08 Å². The van der Waals surface area contributed by atoms with Crippen molar-refractivity contribution in [2.75, 3.05) is 0 Å². The lowest BCUT2D eigenvalue weighted by Crippen LogP contribution is -2.13. The van der Waals surface area contributed by atoms with Crippen LogP contribution in [0.25, 0.3) is 6.08 Å². The normalized spacial score (nSPS) is 19.6. The number of hydrogen-bond donors (Lipinski definition) is 0. The van der Waals surface area contributed by atoms with Gasteiger partial charge in [-0.1, -0.05) is 56.7 Å². The Morgan fingerprint density at radius 3 is 2.22 bits per heavy atom. The van der Waals surface area contributed by atoms with Gasteiger partial charge in [-0.2, -0.15) is 0 Å². The van der Waals surface area contributed by atoms with E-state index in [1.165, 1.54) is 44.1 Å². The van der Waals surface area contributed by atoms with Crippen LogP contribution >= 0.6 is 0 Å². The second kappa shape index (κ2) is 10.1. The topological polar surface area (TPSA) is 25.8 Å². The molecule has 0 radical (unpaired) electrons.